The molecule has 10 heteroatoms. The fourth-order valence-electron chi connectivity index (χ4n) is 3.12. The van der Waals surface area contributed by atoms with Crippen molar-refractivity contribution < 1.29 is 27.6 Å². The zero-order chi connectivity index (χ0) is 25.7. The van der Waals surface area contributed by atoms with Gasteiger partial charge in [0.25, 0.3) is 0 Å². The van der Waals surface area contributed by atoms with Gasteiger partial charge in [-0.1, -0.05) is 29.8 Å². The first-order valence-electron chi connectivity index (χ1n) is 10.4. The average molecular weight is 513 g/mol. The Balaban J connectivity index is 1.57. The molecule has 0 atom stereocenters. The van der Waals surface area contributed by atoms with Crippen molar-refractivity contribution in [3.05, 3.63) is 117 Å². The number of para-hydroxylation sites is 1. The number of hydrogen-bond donors (Lipinski definition) is 0. The highest BCUT2D eigenvalue weighted by molar-refractivity contribution is 6.30. The maximum Gasteiger partial charge on any atom is 0.416 e. The monoisotopic (exact) mass is 512 g/mol. The number of rotatable bonds is 7. The third kappa shape index (κ3) is 6.19. The predicted molar refractivity (Wildman–Crippen MR) is 130 cm³/mol. The zero-order valence-corrected chi connectivity index (χ0v) is 19.0. The molecule has 0 aromatic heterocycles. The largest absolute Gasteiger partial charge is 0.457 e. The van der Waals surface area contributed by atoms with Crippen molar-refractivity contribution >= 4 is 29.2 Å². The van der Waals surface area contributed by atoms with E-state index in [1.54, 1.807) is 24.3 Å². The molecule has 36 heavy (non-hydrogen) atoms. The lowest BCUT2D eigenvalue weighted by Gasteiger charge is -2.12. The van der Waals surface area contributed by atoms with Crippen LogP contribution in [-0.2, 0) is 6.18 Å². The van der Waals surface area contributed by atoms with Gasteiger partial charge in [0.05, 0.1) is 16.2 Å². The van der Waals surface area contributed by atoms with E-state index < -0.39 is 22.4 Å². The van der Waals surface area contributed by atoms with Gasteiger partial charge in [0.1, 0.15) is 17.2 Å². The molecule has 4 rings (SSSR count). The van der Waals surface area contributed by atoms with Gasteiger partial charge in [-0.05, 0) is 66.7 Å². The van der Waals surface area contributed by atoms with E-state index in [4.69, 9.17) is 21.1 Å². The lowest BCUT2D eigenvalue weighted by Crippen LogP contribution is -2.06. The van der Waals surface area contributed by atoms with E-state index in [0.29, 0.717) is 39.9 Å². The molecule has 0 bridgehead atoms. The Morgan fingerprint density at radius 2 is 1.50 bits per heavy atom. The van der Waals surface area contributed by atoms with E-state index in [9.17, 15) is 23.3 Å². The van der Waals surface area contributed by atoms with Crippen LogP contribution in [0.4, 0.5) is 24.5 Å². The van der Waals surface area contributed by atoms with Crippen molar-refractivity contribution in [1.82, 2.24) is 0 Å². The lowest BCUT2D eigenvalue weighted by atomic mass is 10.1. The van der Waals surface area contributed by atoms with Crippen LogP contribution in [0.1, 0.15) is 11.1 Å². The molecule has 0 aliphatic carbocycles. The first-order valence-corrected chi connectivity index (χ1v) is 10.8. The van der Waals surface area contributed by atoms with Gasteiger partial charge >= 0.3 is 11.9 Å². The van der Waals surface area contributed by atoms with Crippen LogP contribution in [0.2, 0.25) is 5.02 Å². The molecular weight excluding hydrogens is 497 g/mol. The minimum Gasteiger partial charge on any atom is -0.457 e. The summed E-state index contributed by atoms with van der Waals surface area (Å²) in [6, 6.07) is 22.7. The molecule has 0 saturated heterocycles. The van der Waals surface area contributed by atoms with Gasteiger partial charge in [0.2, 0.25) is 5.75 Å². The highest BCUT2D eigenvalue weighted by Crippen LogP contribution is 2.38. The van der Waals surface area contributed by atoms with E-state index in [0.717, 1.165) is 6.07 Å². The summed E-state index contributed by atoms with van der Waals surface area (Å²) in [5, 5.41) is 11.7. The summed E-state index contributed by atoms with van der Waals surface area (Å²) >= 11 is 6.09. The molecule has 4 aromatic rings. The molecule has 6 nitrogen and oxygen atoms in total. The van der Waals surface area contributed by atoms with Crippen LogP contribution in [0.5, 0.6) is 23.0 Å². The Kier molecular flexibility index (Phi) is 7.21. The van der Waals surface area contributed by atoms with E-state index in [2.05, 4.69) is 4.99 Å². The van der Waals surface area contributed by atoms with Gasteiger partial charge in [-0.2, -0.15) is 13.2 Å². The Labute approximate surface area is 208 Å². The van der Waals surface area contributed by atoms with Gasteiger partial charge in [-0.25, -0.2) is 0 Å². The summed E-state index contributed by atoms with van der Waals surface area (Å²) < 4.78 is 50.3. The SMILES string of the molecule is O=[N+]([O-])c1cc(C(F)(F)F)ccc1Oc1ccc(Cl)cc1C=Nc1ccc(Oc2ccccc2)cc1. The van der Waals surface area contributed by atoms with Gasteiger partial charge in [0, 0.05) is 22.9 Å². The number of aliphatic imine (C=N–C) groups is 1. The number of halogens is 4. The normalized spacial score (nSPS) is 11.4. The van der Waals surface area contributed by atoms with Crippen molar-refractivity contribution in [1.29, 1.82) is 0 Å². The fraction of sp³-hybridized carbons (Fsp3) is 0.0385. The smallest absolute Gasteiger partial charge is 0.416 e. The van der Waals surface area contributed by atoms with Gasteiger partial charge in [0.15, 0.2) is 0 Å². The molecule has 0 spiro atoms. The number of alkyl halides is 3. The van der Waals surface area contributed by atoms with E-state index in [-0.39, 0.29) is 11.5 Å². The number of nitro groups is 1. The molecule has 0 radical (unpaired) electrons. The summed E-state index contributed by atoms with van der Waals surface area (Å²) in [6.07, 6.45) is -3.30. The molecule has 0 aliphatic rings. The Morgan fingerprint density at radius 1 is 0.833 bits per heavy atom. The first kappa shape index (κ1) is 24.7. The maximum absolute atomic E-state index is 13.0. The summed E-state index contributed by atoms with van der Waals surface area (Å²) in [5.41, 5.74) is -1.04. The third-order valence-corrected chi connectivity index (χ3v) is 5.08. The molecule has 182 valence electrons. The minimum absolute atomic E-state index is 0.120. The fourth-order valence-corrected chi connectivity index (χ4v) is 3.30. The van der Waals surface area contributed by atoms with Gasteiger partial charge in [-0.3, -0.25) is 15.1 Å². The lowest BCUT2D eigenvalue weighted by molar-refractivity contribution is -0.385. The van der Waals surface area contributed by atoms with Crippen molar-refractivity contribution in [2.45, 2.75) is 6.18 Å². The minimum atomic E-state index is -4.73. The summed E-state index contributed by atoms with van der Waals surface area (Å²) in [4.78, 5) is 14.8. The predicted octanol–water partition coefficient (Wildman–Crippen LogP) is 8.60. The number of ether oxygens (including phenoxy) is 2. The van der Waals surface area contributed by atoms with Gasteiger partial charge < -0.3 is 9.47 Å². The first-order chi connectivity index (χ1) is 17.2. The van der Waals surface area contributed by atoms with Crippen LogP contribution in [0.3, 0.4) is 0 Å². The highest BCUT2D eigenvalue weighted by atomic mass is 35.5. The topological polar surface area (TPSA) is 74.0 Å². The molecule has 0 heterocycles. The second-order valence-corrected chi connectivity index (χ2v) is 7.83. The quantitative estimate of drug-likeness (QED) is 0.141. The molecule has 0 saturated carbocycles. The summed E-state index contributed by atoms with van der Waals surface area (Å²) in [7, 11) is 0. The number of hydrogen-bond acceptors (Lipinski definition) is 5. The third-order valence-electron chi connectivity index (χ3n) is 4.84. The molecule has 0 fully saturated rings. The molecule has 0 aliphatic heterocycles. The zero-order valence-electron chi connectivity index (χ0n) is 18.3. The average Bonchev–Trinajstić information content (AvgIpc) is 2.85. The van der Waals surface area contributed by atoms with Gasteiger partial charge in [-0.15, -0.1) is 0 Å². The van der Waals surface area contributed by atoms with Crippen LogP contribution in [0.25, 0.3) is 0 Å². The second-order valence-electron chi connectivity index (χ2n) is 7.39. The van der Waals surface area contributed by atoms with Crippen molar-refractivity contribution in [2.24, 2.45) is 4.99 Å². The van der Waals surface area contributed by atoms with E-state index >= 15 is 0 Å². The highest BCUT2D eigenvalue weighted by Gasteiger charge is 2.33. The van der Waals surface area contributed by atoms with Crippen LogP contribution in [0, 0.1) is 10.1 Å². The maximum atomic E-state index is 13.0. The standard InChI is InChI=1S/C26H16ClF3N2O4/c27-19-7-13-24(36-25-12-6-18(26(28,29)30)15-23(25)32(33)34)17(14-19)16-31-20-8-10-22(11-9-20)35-21-4-2-1-3-5-21/h1-16H. The Bertz CT molecular complexity index is 1410. The van der Waals surface area contributed by atoms with E-state index in [1.165, 1.54) is 24.4 Å². The second kappa shape index (κ2) is 10.5. The molecule has 0 N–H and O–H groups in total. The van der Waals surface area contributed by atoms with Crippen LogP contribution in [-0.4, -0.2) is 11.1 Å². The van der Waals surface area contributed by atoms with Crippen LogP contribution < -0.4 is 9.47 Å². The number of nitrogens with zero attached hydrogens (tertiary/aromatic N) is 2. The summed E-state index contributed by atoms with van der Waals surface area (Å²) in [5.74, 6) is 1.07. The molecule has 4 aromatic carbocycles. The Morgan fingerprint density at radius 3 is 2.17 bits per heavy atom. The molecule has 0 unspecified atom stereocenters. The number of nitro benzene ring substituents is 1. The van der Waals surface area contributed by atoms with E-state index in [1.807, 2.05) is 30.3 Å². The van der Waals surface area contributed by atoms with Crippen LogP contribution >= 0.6 is 11.6 Å². The summed E-state index contributed by atoms with van der Waals surface area (Å²) in [6.45, 7) is 0. The van der Waals surface area contributed by atoms with Crippen molar-refractivity contribution in [2.75, 3.05) is 0 Å². The molecule has 0 amide bonds. The molecular formula is C26H16ClF3N2O4. The number of benzene rings is 4. The van der Waals surface area contributed by atoms with Crippen LogP contribution in [0.15, 0.2) is 96.0 Å². The van der Waals surface area contributed by atoms with Crippen molar-refractivity contribution in [3.63, 3.8) is 0 Å². The van der Waals surface area contributed by atoms with Crippen molar-refractivity contribution in [3.8, 4) is 23.0 Å². The Hall–Kier alpha value is -4.37.